The fourth-order valence-corrected chi connectivity index (χ4v) is 2.54. The van der Waals surface area contributed by atoms with E-state index in [1.165, 1.54) is 0 Å². The molecule has 0 amide bonds. The number of hydrogen-bond acceptors (Lipinski definition) is 16. The maximum absolute atomic E-state index is 11.8. The first-order chi connectivity index (χ1) is 14.8. The van der Waals surface area contributed by atoms with E-state index >= 15 is 0 Å². The number of esters is 2. The van der Waals surface area contributed by atoms with Crippen molar-refractivity contribution in [2.75, 3.05) is 13.2 Å². The number of aliphatic hydroxyl groups excluding tert-OH is 12. The number of cyclic esters (lactones) is 1. The molecule has 10 atom stereocenters. The van der Waals surface area contributed by atoms with Crippen LogP contribution < -0.4 is 0 Å². The van der Waals surface area contributed by atoms with E-state index in [0.29, 0.717) is 0 Å². The smallest absolute Gasteiger partial charge is 0.377 e. The van der Waals surface area contributed by atoms with E-state index in [1.54, 1.807) is 0 Å². The predicted octanol–water partition coefficient (Wildman–Crippen LogP) is -6.98. The Kier molecular flexibility index (Phi) is 10.2. The van der Waals surface area contributed by atoms with Gasteiger partial charge in [0.1, 0.15) is 55.4 Å². The van der Waals surface area contributed by atoms with Crippen molar-refractivity contribution in [2.45, 2.75) is 61.0 Å². The molecule has 1 rings (SSSR count). The molecule has 186 valence electrons. The molecule has 0 radical (unpaired) electrons. The Labute approximate surface area is 179 Å². The average molecular weight is 474 g/mol. The maximum atomic E-state index is 11.8. The van der Waals surface area contributed by atoms with Gasteiger partial charge < -0.3 is 70.8 Å². The SMILES string of the molecule is O=C1O[C@H]([C@@H](O)COC(=O)C(O)C(O)C(O)C(O)C(O)C(O)C(O)C(O)CO)C(O)=C1O. The highest BCUT2D eigenvalue weighted by Gasteiger charge is 2.43. The van der Waals surface area contributed by atoms with Gasteiger partial charge in [0.05, 0.1) is 6.61 Å². The molecule has 1 heterocycles. The molecule has 0 spiro atoms. The normalized spacial score (nSPS) is 25.2. The van der Waals surface area contributed by atoms with Crippen LogP contribution in [0.4, 0.5) is 0 Å². The Balaban J connectivity index is 2.66. The summed E-state index contributed by atoms with van der Waals surface area (Å²) in [4.78, 5) is 22.9. The Bertz CT molecular complexity index is 681. The number of carbonyl (C=O) groups is 2. The summed E-state index contributed by atoms with van der Waals surface area (Å²) in [6.45, 7) is -2.07. The molecule has 0 bridgehead atoms. The lowest BCUT2D eigenvalue weighted by Gasteiger charge is -2.32. The van der Waals surface area contributed by atoms with Crippen LogP contribution in [0.2, 0.25) is 0 Å². The molecule has 32 heavy (non-hydrogen) atoms. The predicted molar refractivity (Wildman–Crippen MR) is 94.3 cm³/mol. The first-order valence-electron chi connectivity index (χ1n) is 8.99. The van der Waals surface area contributed by atoms with Crippen LogP contribution in [0.5, 0.6) is 0 Å². The van der Waals surface area contributed by atoms with E-state index in [0.717, 1.165) is 0 Å². The van der Waals surface area contributed by atoms with E-state index in [2.05, 4.69) is 9.47 Å². The van der Waals surface area contributed by atoms with Gasteiger partial charge in [0.2, 0.25) is 5.76 Å². The van der Waals surface area contributed by atoms with E-state index in [1.807, 2.05) is 0 Å². The van der Waals surface area contributed by atoms with Gasteiger partial charge in [0.15, 0.2) is 18.0 Å². The van der Waals surface area contributed by atoms with Crippen molar-refractivity contribution in [1.29, 1.82) is 0 Å². The van der Waals surface area contributed by atoms with E-state index < -0.39 is 97.7 Å². The van der Waals surface area contributed by atoms with Crippen molar-refractivity contribution in [3.8, 4) is 0 Å². The van der Waals surface area contributed by atoms with Crippen molar-refractivity contribution in [3.63, 3.8) is 0 Å². The quantitative estimate of drug-likeness (QED) is 0.117. The third-order valence-electron chi connectivity index (χ3n) is 4.58. The van der Waals surface area contributed by atoms with Crippen molar-refractivity contribution >= 4 is 11.9 Å². The third kappa shape index (κ3) is 6.23. The molecule has 1 aliphatic heterocycles. The zero-order valence-electron chi connectivity index (χ0n) is 16.2. The topological polar surface area (TPSA) is 295 Å². The molecule has 12 N–H and O–H groups in total. The molecule has 0 aromatic carbocycles. The first kappa shape index (κ1) is 27.9. The summed E-state index contributed by atoms with van der Waals surface area (Å²) in [6.07, 6.45) is -22.7. The lowest BCUT2D eigenvalue weighted by atomic mass is 9.93. The lowest BCUT2D eigenvalue weighted by Crippen LogP contribution is -2.57. The minimum Gasteiger partial charge on any atom is -0.505 e. The number of hydrogen-bond donors (Lipinski definition) is 12. The summed E-state index contributed by atoms with van der Waals surface area (Å²) in [5.41, 5.74) is 0. The molecular weight excluding hydrogens is 448 g/mol. The van der Waals surface area contributed by atoms with Crippen LogP contribution in [0.25, 0.3) is 0 Å². The molecule has 0 fully saturated rings. The van der Waals surface area contributed by atoms with Crippen LogP contribution in [0.15, 0.2) is 11.5 Å². The fraction of sp³-hybridized carbons (Fsp3) is 0.750. The number of carbonyl (C=O) groups excluding carboxylic acids is 2. The Morgan fingerprint density at radius 3 is 1.75 bits per heavy atom. The van der Waals surface area contributed by atoms with Crippen LogP contribution in [0, 0.1) is 0 Å². The molecular formula is C16H26O16. The molecule has 0 saturated carbocycles. The second kappa shape index (κ2) is 11.7. The zero-order valence-corrected chi connectivity index (χ0v) is 16.2. The monoisotopic (exact) mass is 474 g/mol. The lowest BCUT2D eigenvalue weighted by molar-refractivity contribution is -0.190. The Morgan fingerprint density at radius 2 is 1.31 bits per heavy atom. The van der Waals surface area contributed by atoms with Gasteiger partial charge in [-0.05, 0) is 0 Å². The van der Waals surface area contributed by atoms with Gasteiger partial charge in [-0.25, -0.2) is 9.59 Å². The van der Waals surface area contributed by atoms with Crippen LogP contribution in [-0.2, 0) is 19.1 Å². The van der Waals surface area contributed by atoms with Crippen molar-refractivity contribution < 1.29 is 80.3 Å². The third-order valence-corrected chi connectivity index (χ3v) is 4.58. The van der Waals surface area contributed by atoms with Gasteiger partial charge in [0, 0.05) is 0 Å². The van der Waals surface area contributed by atoms with Gasteiger partial charge in [-0.2, -0.15) is 0 Å². The summed E-state index contributed by atoms with van der Waals surface area (Å²) < 4.78 is 8.83. The van der Waals surface area contributed by atoms with Crippen LogP contribution in [-0.4, -0.2) is 147 Å². The van der Waals surface area contributed by atoms with Gasteiger partial charge in [-0.15, -0.1) is 0 Å². The highest BCUT2D eigenvalue weighted by molar-refractivity contribution is 5.89. The second-order valence-corrected chi connectivity index (χ2v) is 6.90. The second-order valence-electron chi connectivity index (χ2n) is 6.90. The van der Waals surface area contributed by atoms with Gasteiger partial charge in [-0.3, -0.25) is 0 Å². The van der Waals surface area contributed by atoms with E-state index in [-0.39, 0.29) is 0 Å². The molecule has 8 unspecified atom stereocenters. The van der Waals surface area contributed by atoms with E-state index in [4.69, 9.17) is 10.2 Å². The summed E-state index contributed by atoms with van der Waals surface area (Å²) in [7, 11) is 0. The van der Waals surface area contributed by atoms with Gasteiger partial charge in [-0.1, -0.05) is 0 Å². The molecule has 16 heteroatoms. The van der Waals surface area contributed by atoms with Crippen LogP contribution in [0.3, 0.4) is 0 Å². The summed E-state index contributed by atoms with van der Waals surface area (Å²) in [6, 6.07) is 0. The summed E-state index contributed by atoms with van der Waals surface area (Å²) >= 11 is 0. The molecule has 0 saturated heterocycles. The average Bonchev–Trinajstić information content (AvgIpc) is 3.05. The van der Waals surface area contributed by atoms with Crippen molar-refractivity contribution in [2.24, 2.45) is 0 Å². The van der Waals surface area contributed by atoms with Crippen LogP contribution in [0.1, 0.15) is 0 Å². The highest BCUT2D eigenvalue weighted by atomic mass is 16.6. The highest BCUT2D eigenvalue weighted by Crippen LogP contribution is 2.22. The number of ether oxygens (including phenoxy) is 2. The van der Waals surface area contributed by atoms with Crippen LogP contribution >= 0.6 is 0 Å². The minimum absolute atomic E-state index is 1.03. The standard InChI is InChI=1S/C16H26O16/c17-1-3(18)5(20)6(21)7(22)8(23)9(24)10(25)12(27)15(29)31-2-4(19)14-11(26)13(28)16(30)32-14/h3-10,12,14,17-28H,1-2H2/t3?,4-,5?,6?,7?,8?,9?,10?,12?,14+/m0/s1. The fourth-order valence-electron chi connectivity index (χ4n) is 2.54. The number of aliphatic hydroxyl groups is 12. The zero-order chi connectivity index (χ0) is 24.9. The van der Waals surface area contributed by atoms with E-state index in [9.17, 15) is 60.7 Å². The first-order valence-corrected chi connectivity index (χ1v) is 8.99. The molecule has 0 aromatic rings. The molecule has 0 aromatic heterocycles. The molecule has 0 aliphatic carbocycles. The van der Waals surface area contributed by atoms with Gasteiger partial charge in [0.25, 0.3) is 0 Å². The minimum atomic E-state index is -2.59. The number of rotatable bonds is 12. The van der Waals surface area contributed by atoms with Gasteiger partial charge >= 0.3 is 11.9 Å². The largest absolute Gasteiger partial charge is 0.505 e. The molecule has 16 nitrogen and oxygen atoms in total. The maximum Gasteiger partial charge on any atom is 0.377 e. The van der Waals surface area contributed by atoms with Crippen molar-refractivity contribution in [3.05, 3.63) is 11.5 Å². The Hall–Kier alpha value is -2.12. The Morgan fingerprint density at radius 1 is 0.844 bits per heavy atom. The summed E-state index contributed by atoms with van der Waals surface area (Å²) in [5, 5.41) is 114. The molecule has 1 aliphatic rings. The summed E-state index contributed by atoms with van der Waals surface area (Å²) in [5.74, 6) is -5.27. The van der Waals surface area contributed by atoms with Crippen molar-refractivity contribution in [1.82, 2.24) is 0 Å².